The maximum atomic E-state index is 10.6. The molecule has 1 saturated heterocycles. The number of thiazole rings is 1. The van der Waals surface area contributed by atoms with E-state index >= 15 is 0 Å². The van der Waals surface area contributed by atoms with Gasteiger partial charge in [0.1, 0.15) is 0 Å². The highest BCUT2D eigenvalue weighted by Gasteiger charge is 2.27. The Labute approximate surface area is 99.2 Å². The van der Waals surface area contributed by atoms with E-state index in [2.05, 4.69) is 16.8 Å². The number of carbonyl (C=O) groups is 1. The summed E-state index contributed by atoms with van der Waals surface area (Å²) in [7, 11) is 1.75. The third-order valence-corrected chi connectivity index (χ3v) is 4.07. The van der Waals surface area contributed by atoms with E-state index in [1.54, 1.807) is 13.3 Å². The van der Waals surface area contributed by atoms with E-state index < -0.39 is 0 Å². The Morgan fingerprint density at radius 1 is 1.69 bits per heavy atom. The molecule has 16 heavy (non-hydrogen) atoms. The topological polar surface area (TPSA) is 42.4 Å². The van der Waals surface area contributed by atoms with Crippen molar-refractivity contribution in [3.8, 4) is 0 Å². The van der Waals surface area contributed by atoms with Crippen molar-refractivity contribution in [3.63, 3.8) is 0 Å². The number of aldehydes is 1. The Balaban J connectivity index is 2.07. The fraction of sp³-hybridized carbons (Fsp3) is 0.636. The van der Waals surface area contributed by atoms with Gasteiger partial charge in [-0.25, -0.2) is 4.98 Å². The maximum absolute atomic E-state index is 10.6. The van der Waals surface area contributed by atoms with Crippen LogP contribution in [0.1, 0.15) is 23.0 Å². The lowest BCUT2D eigenvalue weighted by atomic mass is 9.96. The zero-order valence-electron chi connectivity index (χ0n) is 9.55. The lowest BCUT2D eigenvalue weighted by molar-refractivity contribution is 0.0498. The fourth-order valence-corrected chi connectivity index (χ4v) is 2.76. The third kappa shape index (κ3) is 2.25. The van der Waals surface area contributed by atoms with Gasteiger partial charge in [-0.2, -0.15) is 0 Å². The van der Waals surface area contributed by atoms with Crippen molar-refractivity contribution in [1.82, 2.24) is 4.98 Å². The van der Waals surface area contributed by atoms with Crippen LogP contribution in [0.2, 0.25) is 0 Å². The number of anilines is 1. The van der Waals surface area contributed by atoms with Crippen LogP contribution in [0.25, 0.3) is 0 Å². The fourth-order valence-electron chi connectivity index (χ4n) is 1.99. The summed E-state index contributed by atoms with van der Waals surface area (Å²) in [6.07, 6.45) is 3.85. The first kappa shape index (κ1) is 11.5. The molecule has 0 spiro atoms. The molecule has 1 aliphatic rings. The van der Waals surface area contributed by atoms with Gasteiger partial charge in [0, 0.05) is 20.2 Å². The van der Waals surface area contributed by atoms with Crippen molar-refractivity contribution in [1.29, 1.82) is 0 Å². The molecular weight excluding hydrogens is 224 g/mol. The number of carbonyl (C=O) groups excluding carboxylic acids is 1. The van der Waals surface area contributed by atoms with Crippen molar-refractivity contribution in [2.75, 3.05) is 25.1 Å². The van der Waals surface area contributed by atoms with Gasteiger partial charge in [0.15, 0.2) is 11.4 Å². The second-order valence-corrected chi connectivity index (χ2v) is 5.19. The van der Waals surface area contributed by atoms with Crippen LogP contribution >= 0.6 is 11.3 Å². The van der Waals surface area contributed by atoms with Gasteiger partial charge in [-0.1, -0.05) is 18.3 Å². The first-order valence-electron chi connectivity index (χ1n) is 5.43. The van der Waals surface area contributed by atoms with Crippen molar-refractivity contribution < 1.29 is 9.53 Å². The number of ether oxygens (including phenoxy) is 1. The molecule has 0 N–H and O–H groups in total. The summed E-state index contributed by atoms with van der Waals surface area (Å²) < 4.78 is 5.45. The second-order valence-electron chi connectivity index (χ2n) is 4.15. The average molecular weight is 240 g/mol. The lowest BCUT2D eigenvalue weighted by Crippen LogP contribution is -2.43. The van der Waals surface area contributed by atoms with E-state index in [1.165, 1.54) is 11.3 Å². The molecule has 1 fully saturated rings. The first-order chi connectivity index (χ1) is 7.74. The van der Waals surface area contributed by atoms with E-state index in [0.717, 1.165) is 30.9 Å². The summed E-state index contributed by atoms with van der Waals surface area (Å²) in [4.78, 5) is 17.7. The molecule has 0 amide bonds. The molecule has 5 heteroatoms. The molecular formula is C11H16N2O2S. The number of hydrogen-bond acceptors (Lipinski definition) is 5. The van der Waals surface area contributed by atoms with E-state index in [4.69, 9.17) is 4.74 Å². The Morgan fingerprint density at radius 2 is 2.50 bits per heavy atom. The predicted octanol–water partition coefficient (Wildman–Crippen LogP) is 1.82. The minimum atomic E-state index is 0.261. The molecule has 2 rings (SSSR count). The Morgan fingerprint density at radius 3 is 3.12 bits per heavy atom. The molecule has 1 aromatic rings. The van der Waals surface area contributed by atoms with Gasteiger partial charge in [0.25, 0.3) is 0 Å². The number of aromatic nitrogens is 1. The Bertz CT molecular complexity index is 367. The largest absolute Gasteiger partial charge is 0.379 e. The molecule has 0 aliphatic carbocycles. The van der Waals surface area contributed by atoms with Gasteiger partial charge in [-0.3, -0.25) is 4.79 Å². The van der Waals surface area contributed by atoms with Crippen LogP contribution in [0.15, 0.2) is 6.20 Å². The number of piperidine rings is 1. The van der Waals surface area contributed by atoms with Crippen LogP contribution in [-0.4, -0.2) is 37.6 Å². The molecule has 2 heterocycles. The highest BCUT2D eigenvalue weighted by Crippen LogP contribution is 2.27. The first-order valence-corrected chi connectivity index (χ1v) is 6.25. The van der Waals surface area contributed by atoms with Gasteiger partial charge in [0.2, 0.25) is 0 Å². The molecule has 0 radical (unpaired) electrons. The summed E-state index contributed by atoms with van der Waals surface area (Å²) in [5.74, 6) is 0.590. The zero-order valence-corrected chi connectivity index (χ0v) is 10.4. The highest BCUT2D eigenvalue weighted by atomic mass is 32.1. The summed E-state index contributed by atoms with van der Waals surface area (Å²) in [6.45, 7) is 4.07. The summed E-state index contributed by atoms with van der Waals surface area (Å²) in [5.41, 5.74) is 0. The van der Waals surface area contributed by atoms with Crippen molar-refractivity contribution in [3.05, 3.63) is 11.1 Å². The van der Waals surface area contributed by atoms with Crippen LogP contribution in [0, 0.1) is 5.92 Å². The highest BCUT2D eigenvalue weighted by molar-refractivity contribution is 7.17. The summed E-state index contributed by atoms with van der Waals surface area (Å²) in [6, 6.07) is 0. The van der Waals surface area contributed by atoms with Crippen molar-refractivity contribution >= 4 is 22.8 Å². The van der Waals surface area contributed by atoms with E-state index in [-0.39, 0.29) is 6.10 Å². The third-order valence-electron chi connectivity index (χ3n) is 3.09. The normalized spacial score (nSPS) is 25.8. The number of nitrogens with zero attached hydrogens (tertiary/aromatic N) is 2. The van der Waals surface area contributed by atoms with Gasteiger partial charge >= 0.3 is 0 Å². The minimum absolute atomic E-state index is 0.261. The Hall–Kier alpha value is -0.940. The van der Waals surface area contributed by atoms with Crippen LogP contribution in [0.4, 0.5) is 5.13 Å². The van der Waals surface area contributed by atoms with Gasteiger partial charge < -0.3 is 9.64 Å². The average Bonchev–Trinajstić information content (AvgIpc) is 2.78. The van der Waals surface area contributed by atoms with Crippen LogP contribution in [-0.2, 0) is 4.74 Å². The molecule has 2 unspecified atom stereocenters. The lowest BCUT2D eigenvalue weighted by Gasteiger charge is -2.35. The molecule has 88 valence electrons. The van der Waals surface area contributed by atoms with Crippen LogP contribution in [0.3, 0.4) is 0 Å². The van der Waals surface area contributed by atoms with Crippen molar-refractivity contribution in [2.45, 2.75) is 19.4 Å². The monoisotopic (exact) mass is 240 g/mol. The van der Waals surface area contributed by atoms with E-state index in [9.17, 15) is 4.79 Å². The number of rotatable bonds is 3. The predicted molar refractivity (Wildman–Crippen MR) is 64.3 cm³/mol. The molecule has 0 saturated carbocycles. The van der Waals surface area contributed by atoms with Gasteiger partial charge in [-0.15, -0.1) is 0 Å². The molecule has 2 atom stereocenters. The molecule has 4 nitrogen and oxygen atoms in total. The minimum Gasteiger partial charge on any atom is -0.379 e. The molecule has 0 bridgehead atoms. The van der Waals surface area contributed by atoms with Gasteiger partial charge in [-0.05, 0) is 12.3 Å². The number of hydrogen-bond donors (Lipinski definition) is 0. The van der Waals surface area contributed by atoms with Crippen LogP contribution in [0.5, 0.6) is 0 Å². The van der Waals surface area contributed by atoms with E-state index in [0.29, 0.717) is 10.8 Å². The van der Waals surface area contributed by atoms with Crippen LogP contribution < -0.4 is 4.90 Å². The molecule has 1 aromatic heterocycles. The smallest absolute Gasteiger partial charge is 0.186 e. The SMILES string of the molecule is COC1CN(c2ncc(C=O)s2)CCC1C. The Kier molecular flexibility index (Phi) is 3.56. The van der Waals surface area contributed by atoms with Gasteiger partial charge in [0.05, 0.1) is 17.2 Å². The molecule has 0 aromatic carbocycles. The maximum Gasteiger partial charge on any atom is 0.186 e. The standard InChI is InChI=1S/C11H16N2O2S/c1-8-3-4-13(6-10(8)15-2)11-12-5-9(7-14)16-11/h5,7-8,10H,3-4,6H2,1-2H3. The zero-order chi connectivity index (χ0) is 11.5. The second kappa shape index (κ2) is 4.93. The molecule has 1 aliphatic heterocycles. The van der Waals surface area contributed by atoms with E-state index in [1.807, 2.05) is 0 Å². The van der Waals surface area contributed by atoms with Crippen molar-refractivity contribution in [2.24, 2.45) is 5.92 Å². The summed E-state index contributed by atoms with van der Waals surface area (Å²) >= 11 is 1.44. The summed E-state index contributed by atoms with van der Waals surface area (Å²) in [5, 5.41) is 0.927. The quantitative estimate of drug-likeness (QED) is 0.756. The number of methoxy groups -OCH3 is 1.